The SMILES string of the molecule is Cc1nc2c3cccnc3c3cc(-c4ccc5cc(-c6cnc(C(C)C)[nH]6)sc5c4)ccc3c2[nH]1. The van der Waals surface area contributed by atoms with Gasteiger partial charge in [-0.05, 0) is 53.8 Å². The number of imidazole rings is 2. The lowest BCUT2D eigenvalue weighted by molar-refractivity contribution is 0.795. The van der Waals surface area contributed by atoms with Crippen LogP contribution in [0.25, 0.3) is 64.5 Å². The first-order valence-electron chi connectivity index (χ1n) is 11.8. The number of pyridine rings is 1. The van der Waals surface area contributed by atoms with Crippen LogP contribution in [0.5, 0.6) is 0 Å². The fourth-order valence-corrected chi connectivity index (χ4v) is 6.00. The summed E-state index contributed by atoms with van der Waals surface area (Å²) in [5.41, 5.74) is 6.51. The summed E-state index contributed by atoms with van der Waals surface area (Å²) < 4.78 is 1.26. The number of fused-ring (bicyclic) bond motifs is 7. The van der Waals surface area contributed by atoms with E-state index in [1.165, 1.54) is 26.1 Å². The Balaban J connectivity index is 1.38. The smallest absolute Gasteiger partial charge is 0.109 e. The molecule has 0 aliphatic heterocycles. The average molecular weight is 474 g/mol. The monoisotopic (exact) mass is 473 g/mol. The minimum atomic E-state index is 0.384. The number of H-pyrrole nitrogens is 2. The molecule has 5 nitrogen and oxygen atoms in total. The molecule has 7 aromatic rings. The highest BCUT2D eigenvalue weighted by molar-refractivity contribution is 7.22. The van der Waals surface area contributed by atoms with Crippen molar-refractivity contribution >= 4 is 54.1 Å². The van der Waals surface area contributed by atoms with Crippen LogP contribution in [-0.4, -0.2) is 24.9 Å². The minimum absolute atomic E-state index is 0.384. The Morgan fingerprint density at radius 3 is 2.54 bits per heavy atom. The number of nitrogens with zero attached hydrogens (tertiary/aromatic N) is 3. The van der Waals surface area contributed by atoms with Gasteiger partial charge in [-0.3, -0.25) is 4.98 Å². The van der Waals surface area contributed by atoms with Crippen LogP contribution in [0.15, 0.2) is 67.0 Å². The van der Waals surface area contributed by atoms with E-state index in [2.05, 4.69) is 77.3 Å². The van der Waals surface area contributed by atoms with Crippen LogP contribution in [0.1, 0.15) is 31.4 Å². The number of nitrogens with one attached hydrogen (secondary N) is 2. The predicted molar refractivity (Wildman–Crippen MR) is 146 cm³/mol. The number of aryl methyl sites for hydroxylation is 1. The number of benzene rings is 3. The molecule has 6 heteroatoms. The van der Waals surface area contributed by atoms with Gasteiger partial charge in [0.15, 0.2) is 0 Å². The highest BCUT2D eigenvalue weighted by Crippen LogP contribution is 2.38. The molecule has 0 atom stereocenters. The molecule has 0 amide bonds. The fourth-order valence-electron chi connectivity index (χ4n) is 4.93. The van der Waals surface area contributed by atoms with Crippen LogP contribution in [-0.2, 0) is 0 Å². The van der Waals surface area contributed by atoms with E-state index < -0.39 is 0 Å². The number of rotatable bonds is 3. The molecule has 0 spiro atoms. The number of hydrogen-bond donors (Lipinski definition) is 2. The second-order valence-electron chi connectivity index (χ2n) is 9.41. The Labute approximate surface area is 205 Å². The van der Waals surface area contributed by atoms with Crippen LogP contribution in [0.3, 0.4) is 0 Å². The molecule has 170 valence electrons. The van der Waals surface area contributed by atoms with Crippen molar-refractivity contribution in [2.45, 2.75) is 26.7 Å². The molecule has 0 fully saturated rings. The quantitative estimate of drug-likeness (QED) is 0.256. The lowest BCUT2D eigenvalue weighted by Gasteiger charge is -2.08. The Kier molecular flexibility index (Phi) is 4.35. The summed E-state index contributed by atoms with van der Waals surface area (Å²) in [5, 5.41) is 4.61. The second kappa shape index (κ2) is 7.48. The van der Waals surface area contributed by atoms with Crippen LogP contribution >= 0.6 is 11.3 Å². The molecular weight excluding hydrogens is 450 g/mol. The number of thiophene rings is 1. The summed E-state index contributed by atoms with van der Waals surface area (Å²) in [6.07, 6.45) is 3.81. The normalized spacial score (nSPS) is 12.1. The third-order valence-electron chi connectivity index (χ3n) is 6.69. The van der Waals surface area contributed by atoms with Gasteiger partial charge in [0.25, 0.3) is 0 Å². The fraction of sp³-hybridized carbons (Fsp3) is 0.138. The van der Waals surface area contributed by atoms with Gasteiger partial charge in [-0.15, -0.1) is 11.3 Å². The molecular formula is C29H23N5S. The molecule has 2 N–H and O–H groups in total. The van der Waals surface area contributed by atoms with Crippen molar-refractivity contribution < 1.29 is 0 Å². The van der Waals surface area contributed by atoms with E-state index in [9.17, 15) is 0 Å². The average Bonchev–Trinajstić information content (AvgIpc) is 3.61. The molecule has 0 unspecified atom stereocenters. The van der Waals surface area contributed by atoms with Gasteiger partial charge < -0.3 is 9.97 Å². The molecule has 3 aromatic carbocycles. The highest BCUT2D eigenvalue weighted by Gasteiger charge is 2.14. The molecule has 0 saturated heterocycles. The minimum Gasteiger partial charge on any atom is -0.342 e. The first-order chi connectivity index (χ1) is 17.0. The summed E-state index contributed by atoms with van der Waals surface area (Å²) in [6.45, 7) is 6.31. The molecule has 35 heavy (non-hydrogen) atoms. The van der Waals surface area contributed by atoms with Crippen molar-refractivity contribution in [3.05, 3.63) is 78.6 Å². The van der Waals surface area contributed by atoms with Crippen molar-refractivity contribution in [3.8, 4) is 21.7 Å². The zero-order valence-electron chi connectivity index (χ0n) is 19.7. The molecule has 0 aliphatic rings. The van der Waals surface area contributed by atoms with Gasteiger partial charge in [0, 0.05) is 33.0 Å². The summed E-state index contributed by atoms with van der Waals surface area (Å²) >= 11 is 1.80. The highest BCUT2D eigenvalue weighted by atomic mass is 32.1. The van der Waals surface area contributed by atoms with E-state index in [4.69, 9.17) is 9.97 Å². The van der Waals surface area contributed by atoms with Crippen molar-refractivity contribution in [2.75, 3.05) is 0 Å². The van der Waals surface area contributed by atoms with Crippen molar-refractivity contribution in [3.63, 3.8) is 0 Å². The Hall–Kier alpha value is -4.03. The van der Waals surface area contributed by atoms with E-state index in [0.717, 1.165) is 50.1 Å². The molecule has 0 aliphatic carbocycles. The first kappa shape index (κ1) is 20.4. The van der Waals surface area contributed by atoms with Gasteiger partial charge in [-0.25, -0.2) is 9.97 Å². The van der Waals surface area contributed by atoms with Gasteiger partial charge in [0.2, 0.25) is 0 Å². The van der Waals surface area contributed by atoms with E-state index in [1.54, 1.807) is 11.3 Å². The van der Waals surface area contributed by atoms with Crippen LogP contribution < -0.4 is 0 Å². The maximum Gasteiger partial charge on any atom is 0.109 e. The molecule has 4 heterocycles. The van der Waals surface area contributed by atoms with Gasteiger partial charge in [-0.2, -0.15) is 0 Å². The zero-order chi connectivity index (χ0) is 23.7. The van der Waals surface area contributed by atoms with Crippen molar-refractivity contribution in [2.24, 2.45) is 0 Å². The maximum atomic E-state index is 4.74. The summed E-state index contributed by atoms with van der Waals surface area (Å²) in [4.78, 5) is 22.2. The standard InChI is InChI=1S/C29H23N5S/c1-15(2)29-31-14-23(34-29)25-13-19-7-6-18(12-24(19)35-25)17-8-9-20-22(11-17)26-21(5-4-10-30-26)28-27(20)32-16(3)33-28/h4-15H,1-3H3,(H,31,34)(H,32,33). The molecule has 0 saturated carbocycles. The summed E-state index contributed by atoms with van der Waals surface area (Å²) in [6, 6.07) is 19.7. The Bertz CT molecular complexity index is 1900. The second-order valence-corrected chi connectivity index (χ2v) is 10.5. The zero-order valence-corrected chi connectivity index (χ0v) is 20.5. The van der Waals surface area contributed by atoms with Crippen LogP contribution in [0, 0.1) is 6.92 Å². The van der Waals surface area contributed by atoms with E-state index in [1.807, 2.05) is 25.4 Å². The maximum absolute atomic E-state index is 4.74. The van der Waals surface area contributed by atoms with Gasteiger partial charge in [-0.1, -0.05) is 38.1 Å². The lowest BCUT2D eigenvalue weighted by atomic mass is 9.98. The Morgan fingerprint density at radius 2 is 1.69 bits per heavy atom. The number of hydrogen-bond acceptors (Lipinski definition) is 4. The predicted octanol–water partition coefficient (Wildman–Crippen LogP) is 7.97. The third-order valence-corrected chi connectivity index (χ3v) is 7.82. The molecule has 7 rings (SSSR count). The number of aromatic amines is 2. The van der Waals surface area contributed by atoms with E-state index >= 15 is 0 Å². The largest absolute Gasteiger partial charge is 0.342 e. The van der Waals surface area contributed by atoms with Crippen LogP contribution in [0.2, 0.25) is 0 Å². The first-order valence-corrected chi connectivity index (χ1v) is 12.6. The molecule has 0 radical (unpaired) electrons. The van der Waals surface area contributed by atoms with Crippen molar-refractivity contribution in [1.82, 2.24) is 24.9 Å². The summed E-state index contributed by atoms with van der Waals surface area (Å²) in [5.74, 6) is 2.32. The summed E-state index contributed by atoms with van der Waals surface area (Å²) in [7, 11) is 0. The lowest BCUT2D eigenvalue weighted by Crippen LogP contribution is -1.88. The molecule has 0 bridgehead atoms. The third kappa shape index (κ3) is 3.17. The van der Waals surface area contributed by atoms with Gasteiger partial charge in [0.1, 0.15) is 11.6 Å². The van der Waals surface area contributed by atoms with Crippen molar-refractivity contribution in [1.29, 1.82) is 0 Å². The topological polar surface area (TPSA) is 70.2 Å². The number of aromatic nitrogens is 5. The molecule has 4 aromatic heterocycles. The van der Waals surface area contributed by atoms with Gasteiger partial charge >= 0.3 is 0 Å². The van der Waals surface area contributed by atoms with E-state index in [0.29, 0.717) is 5.92 Å². The van der Waals surface area contributed by atoms with E-state index in [-0.39, 0.29) is 0 Å². The van der Waals surface area contributed by atoms with Gasteiger partial charge in [0.05, 0.1) is 33.3 Å². The van der Waals surface area contributed by atoms with Crippen LogP contribution in [0.4, 0.5) is 0 Å². The Morgan fingerprint density at radius 1 is 0.829 bits per heavy atom.